The minimum absolute atomic E-state index is 0.0121. The van der Waals surface area contributed by atoms with E-state index in [1.54, 1.807) is 11.0 Å². The predicted molar refractivity (Wildman–Crippen MR) is 113 cm³/mol. The number of likely N-dealkylation sites (tertiary alicyclic amines) is 1. The van der Waals surface area contributed by atoms with Crippen molar-refractivity contribution in [3.8, 4) is 22.8 Å². The molecular formula is C23H24N4O3. The molecule has 0 aliphatic carbocycles. The lowest BCUT2D eigenvalue weighted by atomic mass is 10.1. The zero-order valence-electron chi connectivity index (χ0n) is 17.3. The van der Waals surface area contributed by atoms with Crippen LogP contribution >= 0.6 is 0 Å². The maximum atomic E-state index is 12.8. The standard InChI is InChI=1S/C23H24N4O3/c1-14(2)27-13-17(12-20(27)28)22(29)24-19-7-5-4-6-18(19)23-25-21(26-30-23)16-10-8-15(3)9-11-16/h4-11,14,17H,12-13H2,1-3H3,(H,24,29). The molecule has 4 rings (SSSR count). The van der Waals surface area contributed by atoms with Crippen molar-refractivity contribution in [3.05, 3.63) is 54.1 Å². The van der Waals surface area contributed by atoms with Crippen molar-refractivity contribution >= 4 is 17.5 Å². The number of amides is 2. The van der Waals surface area contributed by atoms with E-state index in [-0.39, 0.29) is 30.2 Å². The number of benzene rings is 2. The molecule has 0 radical (unpaired) electrons. The van der Waals surface area contributed by atoms with Crippen molar-refractivity contribution in [2.45, 2.75) is 33.2 Å². The van der Waals surface area contributed by atoms with Gasteiger partial charge in [0, 0.05) is 24.6 Å². The van der Waals surface area contributed by atoms with Crippen LogP contribution in [0.2, 0.25) is 0 Å². The zero-order chi connectivity index (χ0) is 21.3. The van der Waals surface area contributed by atoms with Gasteiger partial charge in [0.05, 0.1) is 17.2 Å². The van der Waals surface area contributed by atoms with Gasteiger partial charge in [0.1, 0.15) is 0 Å². The molecular weight excluding hydrogens is 380 g/mol. The van der Waals surface area contributed by atoms with E-state index in [2.05, 4.69) is 15.5 Å². The maximum Gasteiger partial charge on any atom is 0.260 e. The molecule has 1 saturated heterocycles. The second-order valence-electron chi connectivity index (χ2n) is 7.86. The molecule has 1 N–H and O–H groups in total. The molecule has 3 aromatic rings. The summed E-state index contributed by atoms with van der Waals surface area (Å²) in [6.45, 7) is 6.36. The van der Waals surface area contributed by atoms with Gasteiger partial charge in [0.25, 0.3) is 5.89 Å². The number of rotatable bonds is 5. The van der Waals surface area contributed by atoms with Crippen molar-refractivity contribution in [1.29, 1.82) is 0 Å². The van der Waals surface area contributed by atoms with Crippen molar-refractivity contribution in [3.63, 3.8) is 0 Å². The third-order valence-electron chi connectivity index (χ3n) is 5.30. The van der Waals surface area contributed by atoms with Gasteiger partial charge < -0.3 is 14.7 Å². The van der Waals surface area contributed by atoms with Crippen molar-refractivity contribution < 1.29 is 14.1 Å². The molecule has 0 saturated carbocycles. The molecule has 7 heteroatoms. The number of aryl methyl sites for hydroxylation is 1. The molecule has 30 heavy (non-hydrogen) atoms. The summed E-state index contributed by atoms with van der Waals surface area (Å²) in [7, 11) is 0. The smallest absolute Gasteiger partial charge is 0.260 e. The van der Waals surface area contributed by atoms with Crippen LogP contribution in [0.25, 0.3) is 22.8 Å². The predicted octanol–water partition coefficient (Wildman–Crippen LogP) is 3.91. The van der Waals surface area contributed by atoms with E-state index in [0.717, 1.165) is 11.1 Å². The van der Waals surface area contributed by atoms with Crippen molar-refractivity contribution in [1.82, 2.24) is 15.0 Å². The molecule has 2 aromatic carbocycles. The monoisotopic (exact) mass is 404 g/mol. The minimum atomic E-state index is -0.376. The number of nitrogens with one attached hydrogen (secondary N) is 1. The molecule has 0 spiro atoms. The summed E-state index contributed by atoms with van der Waals surface area (Å²) in [5, 5.41) is 7.02. The highest BCUT2D eigenvalue weighted by molar-refractivity contribution is 5.99. The Morgan fingerprint density at radius 1 is 1.17 bits per heavy atom. The third-order valence-corrected chi connectivity index (χ3v) is 5.30. The Morgan fingerprint density at radius 3 is 2.60 bits per heavy atom. The molecule has 154 valence electrons. The van der Waals surface area contributed by atoms with E-state index in [0.29, 0.717) is 29.5 Å². The fourth-order valence-corrected chi connectivity index (χ4v) is 3.57. The third kappa shape index (κ3) is 3.96. The average molecular weight is 404 g/mol. The summed E-state index contributed by atoms with van der Waals surface area (Å²) in [5.41, 5.74) is 3.23. The van der Waals surface area contributed by atoms with Gasteiger partial charge in [-0.15, -0.1) is 0 Å². The van der Waals surface area contributed by atoms with Gasteiger partial charge in [0.2, 0.25) is 17.6 Å². The Balaban J connectivity index is 1.54. The highest BCUT2D eigenvalue weighted by atomic mass is 16.5. The number of hydrogen-bond donors (Lipinski definition) is 1. The molecule has 7 nitrogen and oxygen atoms in total. The van der Waals surface area contributed by atoms with Gasteiger partial charge in [-0.2, -0.15) is 4.98 Å². The number of carbonyl (C=O) groups is 2. The van der Waals surface area contributed by atoms with E-state index in [9.17, 15) is 9.59 Å². The lowest BCUT2D eigenvalue weighted by Gasteiger charge is -2.20. The van der Waals surface area contributed by atoms with Crippen LogP contribution in [-0.2, 0) is 9.59 Å². The Morgan fingerprint density at radius 2 is 1.90 bits per heavy atom. The van der Waals surface area contributed by atoms with E-state index < -0.39 is 0 Å². The number of para-hydroxylation sites is 1. The largest absolute Gasteiger partial charge is 0.339 e. The number of anilines is 1. The quantitative estimate of drug-likeness (QED) is 0.697. The van der Waals surface area contributed by atoms with Crippen LogP contribution in [0.5, 0.6) is 0 Å². The van der Waals surface area contributed by atoms with Crippen molar-refractivity contribution in [2.24, 2.45) is 5.92 Å². The Labute approximate surface area is 175 Å². The highest BCUT2D eigenvalue weighted by Crippen LogP contribution is 2.30. The molecule has 1 fully saturated rings. The average Bonchev–Trinajstić information content (AvgIpc) is 3.36. The van der Waals surface area contributed by atoms with Crippen LogP contribution in [0.15, 0.2) is 53.1 Å². The second-order valence-corrected chi connectivity index (χ2v) is 7.86. The van der Waals surface area contributed by atoms with Crippen molar-refractivity contribution in [2.75, 3.05) is 11.9 Å². The Hall–Kier alpha value is -3.48. The van der Waals surface area contributed by atoms with Crippen LogP contribution in [0.1, 0.15) is 25.8 Å². The fourth-order valence-electron chi connectivity index (χ4n) is 3.57. The lowest BCUT2D eigenvalue weighted by molar-refractivity contribution is -0.129. The first-order chi connectivity index (χ1) is 14.4. The van der Waals surface area contributed by atoms with Gasteiger partial charge in [-0.3, -0.25) is 9.59 Å². The number of nitrogens with zero attached hydrogens (tertiary/aromatic N) is 3. The molecule has 1 atom stereocenters. The Kier molecular flexibility index (Phi) is 5.35. The first kappa shape index (κ1) is 19.8. The van der Waals surface area contributed by atoms with Crippen LogP contribution in [0.3, 0.4) is 0 Å². The van der Waals surface area contributed by atoms with Gasteiger partial charge in [-0.1, -0.05) is 47.1 Å². The molecule has 1 unspecified atom stereocenters. The number of hydrogen-bond acceptors (Lipinski definition) is 5. The summed E-state index contributed by atoms with van der Waals surface area (Å²) in [6, 6.07) is 15.2. The first-order valence-electron chi connectivity index (χ1n) is 10.0. The van der Waals surface area contributed by atoms with Gasteiger partial charge in [0.15, 0.2) is 0 Å². The normalized spacial score (nSPS) is 16.3. The minimum Gasteiger partial charge on any atom is -0.339 e. The van der Waals surface area contributed by atoms with E-state index in [1.165, 1.54) is 0 Å². The summed E-state index contributed by atoms with van der Waals surface area (Å²) in [5.74, 6) is 0.266. The SMILES string of the molecule is Cc1ccc(-c2noc(-c3ccccc3NC(=O)C3CC(=O)N(C(C)C)C3)n2)cc1. The van der Waals surface area contributed by atoms with Crippen LogP contribution < -0.4 is 5.32 Å². The summed E-state index contributed by atoms with van der Waals surface area (Å²) in [6.07, 6.45) is 0.226. The van der Waals surface area contributed by atoms with E-state index in [4.69, 9.17) is 4.52 Å². The fraction of sp³-hybridized carbons (Fsp3) is 0.304. The highest BCUT2D eigenvalue weighted by Gasteiger charge is 2.35. The van der Waals surface area contributed by atoms with Gasteiger partial charge in [-0.25, -0.2) is 0 Å². The number of carbonyl (C=O) groups excluding carboxylic acids is 2. The molecule has 1 aliphatic heterocycles. The zero-order valence-corrected chi connectivity index (χ0v) is 17.3. The molecule has 0 bridgehead atoms. The molecule has 1 aliphatic rings. The van der Waals surface area contributed by atoms with Crippen LogP contribution in [0.4, 0.5) is 5.69 Å². The molecule has 2 heterocycles. The van der Waals surface area contributed by atoms with Gasteiger partial charge in [-0.05, 0) is 32.9 Å². The topological polar surface area (TPSA) is 88.3 Å². The van der Waals surface area contributed by atoms with Crippen LogP contribution in [0, 0.1) is 12.8 Å². The summed E-state index contributed by atoms with van der Waals surface area (Å²) in [4.78, 5) is 31.2. The van der Waals surface area contributed by atoms with E-state index >= 15 is 0 Å². The van der Waals surface area contributed by atoms with E-state index in [1.807, 2.05) is 63.2 Å². The summed E-state index contributed by atoms with van der Waals surface area (Å²) < 4.78 is 5.47. The first-order valence-corrected chi connectivity index (χ1v) is 10.0. The molecule has 1 aromatic heterocycles. The maximum absolute atomic E-state index is 12.8. The second kappa shape index (κ2) is 8.10. The van der Waals surface area contributed by atoms with Gasteiger partial charge >= 0.3 is 0 Å². The Bertz CT molecular complexity index is 1070. The number of aromatic nitrogens is 2. The van der Waals surface area contributed by atoms with Crippen LogP contribution in [-0.4, -0.2) is 39.4 Å². The lowest BCUT2D eigenvalue weighted by Crippen LogP contribution is -2.33. The summed E-state index contributed by atoms with van der Waals surface area (Å²) >= 11 is 0. The molecule has 2 amide bonds.